The molecule has 1 aliphatic heterocycles. The molecule has 0 unspecified atom stereocenters. The maximum atomic E-state index is 12.9. The van der Waals surface area contributed by atoms with Gasteiger partial charge < -0.3 is 16.0 Å². The van der Waals surface area contributed by atoms with Crippen LogP contribution in [0.1, 0.15) is 60.3 Å². The van der Waals surface area contributed by atoms with Gasteiger partial charge in [0.2, 0.25) is 11.8 Å². The Labute approximate surface area is 152 Å². The fourth-order valence-electron chi connectivity index (χ4n) is 3.08. The third-order valence-corrected chi connectivity index (χ3v) is 5.96. The van der Waals surface area contributed by atoms with E-state index in [1.807, 2.05) is 20.8 Å². The van der Waals surface area contributed by atoms with Gasteiger partial charge in [-0.3, -0.25) is 9.59 Å². The molecule has 0 saturated carbocycles. The summed E-state index contributed by atoms with van der Waals surface area (Å²) in [5.41, 5.74) is 3.60. The third kappa shape index (κ3) is 4.52. The van der Waals surface area contributed by atoms with Crippen LogP contribution in [0.2, 0.25) is 0 Å². The minimum absolute atomic E-state index is 0.126. The van der Waals surface area contributed by atoms with Crippen molar-refractivity contribution in [3.8, 4) is 6.07 Å². The Bertz CT molecular complexity index is 528. The summed E-state index contributed by atoms with van der Waals surface area (Å²) in [6.07, 6.45) is 4.13. The number of nitrogens with one attached hydrogen (secondary N) is 1. The van der Waals surface area contributed by atoms with Gasteiger partial charge in [0.25, 0.3) is 0 Å². The monoisotopic (exact) mass is 349 g/mol. The third-order valence-electron chi connectivity index (χ3n) is 5.96. The van der Waals surface area contributed by atoms with E-state index in [2.05, 4.69) is 11.4 Å². The van der Waals surface area contributed by atoms with E-state index in [4.69, 9.17) is 5.73 Å². The van der Waals surface area contributed by atoms with Crippen molar-refractivity contribution < 1.29 is 9.59 Å². The molecule has 6 nitrogen and oxygen atoms in total. The average molecular weight is 349 g/mol. The van der Waals surface area contributed by atoms with E-state index in [1.54, 1.807) is 25.2 Å². The quantitative estimate of drug-likeness (QED) is 0.700. The zero-order chi connectivity index (χ0) is 19.3. The topological polar surface area (TPSA) is 99.2 Å². The summed E-state index contributed by atoms with van der Waals surface area (Å²) in [7, 11) is 0. The fraction of sp³-hybridized carbons (Fsp3) is 0.789. The van der Waals surface area contributed by atoms with Crippen molar-refractivity contribution in [2.75, 3.05) is 19.6 Å². The van der Waals surface area contributed by atoms with E-state index in [0.29, 0.717) is 25.8 Å². The zero-order valence-electron chi connectivity index (χ0n) is 16.3. The highest BCUT2D eigenvalue weighted by Crippen LogP contribution is 2.42. The van der Waals surface area contributed by atoms with Gasteiger partial charge in [0.15, 0.2) is 0 Å². The first-order valence-corrected chi connectivity index (χ1v) is 9.11. The lowest BCUT2D eigenvalue weighted by Crippen LogP contribution is -2.56. The molecule has 3 N–H and O–H groups in total. The first-order valence-electron chi connectivity index (χ1n) is 9.11. The van der Waals surface area contributed by atoms with E-state index >= 15 is 0 Å². The van der Waals surface area contributed by atoms with Crippen LogP contribution < -0.4 is 11.1 Å². The molecule has 0 bridgehead atoms. The highest BCUT2D eigenvalue weighted by Gasteiger charge is 2.44. The van der Waals surface area contributed by atoms with Crippen LogP contribution in [0.4, 0.5) is 0 Å². The number of nitriles is 1. The number of amides is 2. The fourth-order valence-corrected chi connectivity index (χ4v) is 3.08. The molecular weight excluding hydrogens is 316 g/mol. The van der Waals surface area contributed by atoms with Gasteiger partial charge in [0.1, 0.15) is 5.54 Å². The predicted molar refractivity (Wildman–Crippen MR) is 98.1 cm³/mol. The van der Waals surface area contributed by atoms with Gasteiger partial charge in [-0.15, -0.1) is 0 Å². The molecule has 6 heteroatoms. The lowest BCUT2D eigenvalue weighted by molar-refractivity contribution is -0.136. The normalized spacial score (nSPS) is 17.6. The van der Waals surface area contributed by atoms with Crippen LogP contribution in [-0.4, -0.2) is 41.9 Å². The summed E-state index contributed by atoms with van der Waals surface area (Å²) in [5, 5.41) is 13.0. The van der Waals surface area contributed by atoms with Crippen molar-refractivity contribution in [3.05, 3.63) is 6.42 Å². The summed E-state index contributed by atoms with van der Waals surface area (Å²) in [4.78, 5) is 26.4. The van der Waals surface area contributed by atoms with Crippen molar-refractivity contribution in [3.63, 3.8) is 0 Å². The Morgan fingerprint density at radius 2 is 1.84 bits per heavy atom. The minimum atomic E-state index is -0.738. The van der Waals surface area contributed by atoms with Crippen LogP contribution in [0.15, 0.2) is 0 Å². The van der Waals surface area contributed by atoms with Gasteiger partial charge in [-0.1, -0.05) is 34.6 Å². The van der Waals surface area contributed by atoms with Crippen molar-refractivity contribution in [1.82, 2.24) is 10.2 Å². The molecule has 0 aromatic carbocycles. The number of carbonyl (C=O) groups excluding carboxylic acids is 2. The molecule has 2 amide bonds. The summed E-state index contributed by atoms with van der Waals surface area (Å²) >= 11 is 0. The summed E-state index contributed by atoms with van der Waals surface area (Å²) in [6.45, 7) is 11.5. The molecule has 1 radical (unpaired) electrons. The molecule has 25 heavy (non-hydrogen) atoms. The van der Waals surface area contributed by atoms with E-state index in [0.717, 1.165) is 19.5 Å². The number of nitrogens with two attached hydrogens (primary N) is 1. The number of primary amides is 1. The van der Waals surface area contributed by atoms with Crippen molar-refractivity contribution in [2.24, 2.45) is 16.6 Å². The first kappa shape index (κ1) is 21.4. The van der Waals surface area contributed by atoms with E-state index in [9.17, 15) is 14.9 Å². The first-order chi connectivity index (χ1) is 11.5. The van der Waals surface area contributed by atoms with Crippen LogP contribution in [0, 0.1) is 28.6 Å². The summed E-state index contributed by atoms with van der Waals surface area (Å²) in [5.74, 6) is -0.505. The van der Waals surface area contributed by atoms with Crippen LogP contribution in [0.5, 0.6) is 0 Å². The smallest absolute Gasteiger partial charge is 0.227 e. The average Bonchev–Trinajstić information content (AvgIpc) is 2.57. The van der Waals surface area contributed by atoms with Gasteiger partial charge in [-0.25, -0.2) is 0 Å². The van der Waals surface area contributed by atoms with Gasteiger partial charge in [-0.05, 0) is 44.2 Å². The molecule has 0 aliphatic carbocycles. The Balaban J connectivity index is 2.91. The number of piperidine rings is 1. The Morgan fingerprint density at radius 3 is 2.28 bits per heavy atom. The minimum Gasteiger partial charge on any atom is -0.369 e. The lowest BCUT2D eigenvalue weighted by Gasteiger charge is -2.43. The lowest BCUT2D eigenvalue weighted by atomic mass is 9.65. The van der Waals surface area contributed by atoms with E-state index in [-0.39, 0.29) is 11.8 Å². The molecule has 0 aromatic heterocycles. The number of nitrogens with zero attached hydrogens (tertiary/aromatic N) is 2. The number of hydrogen-bond donors (Lipinski definition) is 2. The molecule has 1 heterocycles. The van der Waals surface area contributed by atoms with Crippen LogP contribution in [-0.2, 0) is 9.59 Å². The van der Waals surface area contributed by atoms with Gasteiger partial charge in [0.05, 0.1) is 12.5 Å². The van der Waals surface area contributed by atoms with Crippen molar-refractivity contribution in [2.45, 2.75) is 65.8 Å². The highest BCUT2D eigenvalue weighted by molar-refractivity contribution is 5.86. The molecule has 0 aromatic rings. The second kappa shape index (κ2) is 8.18. The van der Waals surface area contributed by atoms with Crippen LogP contribution >= 0.6 is 0 Å². The van der Waals surface area contributed by atoms with Crippen molar-refractivity contribution >= 4 is 11.8 Å². The second-order valence-electron chi connectivity index (χ2n) is 8.16. The van der Waals surface area contributed by atoms with Crippen LogP contribution in [0.3, 0.4) is 0 Å². The molecule has 141 valence electrons. The zero-order valence-corrected chi connectivity index (χ0v) is 16.3. The van der Waals surface area contributed by atoms with E-state index in [1.165, 1.54) is 0 Å². The van der Waals surface area contributed by atoms with Gasteiger partial charge >= 0.3 is 0 Å². The molecule has 0 spiro atoms. The largest absolute Gasteiger partial charge is 0.369 e. The van der Waals surface area contributed by atoms with Gasteiger partial charge in [0, 0.05) is 12.0 Å². The predicted octanol–water partition coefficient (Wildman–Crippen LogP) is 2.00. The standard InChI is InChI=1S/C19H33N4O2/c1-6-13-23(19(14-20)9-11-22-12-10-19)15(24)7-8-17(2,3)18(4,5)16(21)25/h7,22H,6,8-13H2,1-5H3,(H2,21,25). The Morgan fingerprint density at radius 1 is 1.28 bits per heavy atom. The maximum absolute atomic E-state index is 12.9. The SMILES string of the molecule is CCCN(C(=O)[CH]CC(C)(C)C(C)(C)C(N)=O)C1(C#N)CCNCC1. The molecule has 1 aliphatic rings. The number of hydrogen-bond acceptors (Lipinski definition) is 4. The second-order valence-corrected chi connectivity index (χ2v) is 8.16. The van der Waals surface area contributed by atoms with Gasteiger partial charge in [-0.2, -0.15) is 5.26 Å². The highest BCUT2D eigenvalue weighted by atomic mass is 16.2. The van der Waals surface area contributed by atoms with Crippen molar-refractivity contribution in [1.29, 1.82) is 5.26 Å². The maximum Gasteiger partial charge on any atom is 0.227 e. The number of carbonyl (C=O) groups is 2. The molecule has 1 saturated heterocycles. The van der Waals surface area contributed by atoms with Crippen LogP contribution in [0.25, 0.3) is 0 Å². The number of rotatable bonds is 8. The summed E-state index contributed by atoms with van der Waals surface area (Å²) < 4.78 is 0. The van der Waals surface area contributed by atoms with E-state index < -0.39 is 16.4 Å². The Kier molecular flexibility index (Phi) is 7.01. The molecule has 1 fully saturated rings. The summed E-state index contributed by atoms with van der Waals surface area (Å²) in [6, 6.07) is 2.40. The molecule has 0 atom stereocenters. The molecule has 1 rings (SSSR count). The Hall–Kier alpha value is -1.61. The molecular formula is C19H33N4O2.